The molecule has 1 rings (SSSR count). The van der Waals surface area contributed by atoms with Crippen LogP contribution in [0.4, 0.5) is 11.4 Å². The Labute approximate surface area is 105 Å². The smallest absolute Gasteiger partial charge is 0.296 e. The van der Waals surface area contributed by atoms with E-state index in [-0.39, 0.29) is 11.7 Å². The zero-order chi connectivity index (χ0) is 13.7. The molecule has 0 saturated heterocycles. The average Bonchev–Trinajstić information content (AvgIpc) is 2.37. The van der Waals surface area contributed by atoms with Crippen LogP contribution in [0.5, 0.6) is 11.5 Å². The number of nitrogens with one attached hydrogen (secondary N) is 1. The van der Waals surface area contributed by atoms with Crippen LogP contribution in [0.15, 0.2) is 12.1 Å². The molecule has 96 valence electrons. The topological polar surface area (TPSA) is 73.6 Å². The second-order valence-corrected chi connectivity index (χ2v) is 3.51. The van der Waals surface area contributed by atoms with Gasteiger partial charge in [-0.1, -0.05) is 5.92 Å². The summed E-state index contributed by atoms with van der Waals surface area (Å²) in [7, 11) is 2.87. The number of ether oxygens (including phenoxy) is 2. The van der Waals surface area contributed by atoms with Crippen molar-refractivity contribution in [1.82, 2.24) is 0 Å². The number of nitro benzene ring substituents is 1. The first kappa shape index (κ1) is 13.6. The maximum Gasteiger partial charge on any atom is 0.296 e. The molecule has 0 bridgehead atoms. The molecule has 6 nitrogen and oxygen atoms in total. The van der Waals surface area contributed by atoms with Crippen LogP contribution in [-0.4, -0.2) is 25.2 Å². The summed E-state index contributed by atoms with van der Waals surface area (Å²) < 4.78 is 10.1. The lowest BCUT2D eigenvalue weighted by atomic mass is 10.2. The fourth-order valence-corrected chi connectivity index (χ4v) is 1.41. The van der Waals surface area contributed by atoms with Crippen LogP contribution in [0.1, 0.15) is 6.92 Å². The molecule has 18 heavy (non-hydrogen) atoms. The van der Waals surface area contributed by atoms with Gasteiger partial charge in [0.15, 0.2) is 11.5 Å². The second-order valence-electron chi connectivity index (χ2n) is 3.51. The van der Waals surface area contributed by atoms with E-state index in [0.29, 0.717) is 17.2 Å². The zero-order valence-corrected chi connectivity index (χ0v) is 10.4. The van der Waals surface area contributed by atoms with Gasteiger partial charge in [-0.3, -0.25) is 10.1 Å². The highest BCUT2D eigenvalue weighted by Gasteiger charge is 2.20. The molecule has 0 spiro atoms. The van der Waals surface area contributed by atoms with Crippen LogP contribution in [0.3, 0.4) is 0 Å². The van der Waals surface area contributed by atoms with Crippen LogP contribution in [0, 0.1) is 22.5 Å². The van der Waals surface area contributed by atoms with Crippen LogP contribution >= 0.6 is 0 Å². The van der Waals surface area contributed by atoms with Crippen molar-refractivity contribution < 1.29 is 14.4 Å². The molecular weight excluding hydrogens is 236 g/mol. The molecule has 0 amide bonds. The standard InChI is InChI=1S/C12H14N2O4/c1-5-8(2)13-9-6-11(17-3)12(18-4)7-10(9)14(15)16/h1,6-8,13H,2-4H3. The van der Waals surface area contributed by atoms with E-state index < -0.39 is 4.92 Å². The Kier molecular flexibility index (Phi) is 4.38. The van der Waals surface area contributed by atoms with Crippen molar-refractivity contribution in [2.45, 2.75) is 13.0 Å². The van der Waals surface area contributed by atoms with E-state index in [2.05, 4.69) is 11.2 Å². The third kappa shape index (κ3) is 2.83. The SMILES string of the molecule is C#CC(C)Nc1cc(OC)c(OC)cc1[N+](=O)[O-]. The normalized spacial score (nSPS) is 11.2. The van der Waals surface area contributed by atoms with Crippen molar-refractivity contribution in [1.29, 1.82) is 0 Å². The first-order chi connectivity index (χ1) is 8.53. The van der Waals surface area contributed by atoms with Gasteiger partial charge >= 0.3 is 0 Å². The predicted octanol–water partition coefficient (Wildman–Crippen LogP) is 2.05. The Bertz CT molecular complexity index is 494. The first-order valence-corrected chi connectivity index (χ1v) is 5.16. The summed E-state index contributed by atoms with van der Waals surface area (Å²) in [5, 5.41) is 13.8. The molecule has 1 aromatic rings. The number of nitrogens with zero attached hydrogens (tertiary/aromatic N) is 1. The number of benzene rings is 1. The Morgan fingerprint density at radius 2 is 1.94 bits per heavy atom. The fraction of sp³-hybridized carbons (Fsp3) is 0.333. The van der Waals surface area contributed by atoms with Crippen LogP contribution in [-0.2, 0) is 0 Å². The summed E-state index contributed by atoms with van der Waals surface area (Å²) in [6.07, 6.45) is 5.23. The van der Waals surface area contributed by atoms with Crippen molar-refractivity contribution in [3.63, 3.8) is 0 Å². The van der Waals surface area contributed by atoms with Gasteiger partial charge in [0.25, 0.3) is 5.69 Å². The highest BCUT2D eigenvalue weighted by molar-refractivity contribution is 5.69. The molecule has 1 unspecified atom stereocenters. The number of nitro groups is 1. The predicted molar refractivity (Wildman–Crippen MR) is 68.1 cm³/mol. The summed E-state index contributed by atoms with van der Waals surface area (Å²) in [5.74, 6) is 3.13. The van der Waals surface area contributed by atoms with Crippen molar-refractivity contribution in [3.8, 4) is 23.8 Å². The minimum Gasteiger partial charge on any atom is -0.493 e. The van der Waals surface area contributed by atoms with E-state index in [1.54, 1.807) is 6.92 Å². The number of hydrogen-bond donors (Lipinski definition) is 1. The largest absolute Gasteiger partial charge is 0.493 e. The Morgan fingerprint density at radius 3 is 2.39 bits per heavy atom. The summed E-state index contributed by atoms with van der Waals surface area (Å²) in [4.78, 5) is 10.5. The van der Waals surface area contributed by atoms with Gasteiger partial charge in [0.05, 0.1) is 31.3 Å². The van der Waals surface area contributed by atoms with Crippen molar-refractivity contribution in [2.75, 3.05) is 19.5 Å². The molecule has 0 fully saturated rings. The summed E-state index contributed by atoms with van der Waals surface area (Å²) in [6.45, 7) is 1.72. The maximum atomic E-state index is 11.0. The second kappa shape index (κ2) is 5.77. The molecule has 0 radical (unpaired) electrons. The molecule has 0 saturated carbocycles. The molecule has 0 aliphatic carbocycles. The monoisotopic (exact) mass is 250 g/mol. The first-order valence-electron chi connectivity index (χ1n) is 5.16. The lowest BCUT2D eigenvalue weighted by molar-refractivity contribution is -0.384. The van der Waals surface area contributed by atoms with E-state index in [9.17, 15) is 10.1 Å². The van der Waals surface area contributed by atoms with E-state index in [0.717, 1.165) is 0 Å². The number of terminal acetylenes is 1. The Balaban J connectivity index is 3.29. The minimum absolute atomic E-state index is 0.116. The van der Waals surface area contributed by atoms with Gasteiger partial charge in [-0.25, -0.2) is 0 Å². The summed E-state index contributed by atoms with van der Waals surface area (Å²) in [6, 6.07) is 2.46. The van der Waals surface area contributed by atoms with E-state index in [4.69, 9.17) is 15.9 Å². The van der Waals surface area contributed by atoms with Gasteiger partial charge < -0.3 is 14.8 Å². The molecular formula is C12H14N2O4. The third-order valence-corrected chi connectivity index (χ3v) is 2.32. The average molecular weight is 250 g/mol. The van der Waals surface area contributed by atoms with Crippen molar-refractivity contribution in [2.24, 2.45) is 0 Å². The fourth-order valence-electron chi connectivity index (χ4n) is 1.41. The van der Waals surface area contributed by atoms with Crippen LogP contribution < -0.4 is 14.8 Å². The quantitative estimate of drug-likeness (QED) is 0.492. The highest BCUT2D eigenvalue weighted by atomic mass is 16.6. The Hall–Kier alpha value is -2.42. The lowest BCUT2D eigenvalue weighted by Gasteiger charge is -2.13. The van der Waals surface area contributed by atoms with Gasteiger partial charge in [0, 0.05) is 6.07 Å². The highest BCUT2D eigenvalue weighted by Crippen LogP contribution is 2.37. The molecule has 6 heteroatoms. The van der Waals surface area contributed by atoms with E-state index in [1.165, 1.54) is 26.4 Å². The van der Waals surface area contributed by atoms with Crippen molar-refractivity contribution >= 4 is 11.4 Å². The molecule has 0 aliphatic heterocycles. The van der Waals surface area contributed by atoms with Gasteiger partial charge in [0.1, 0.15) is 5.69 Å². The number of anilines is 1. The van der Waals surface area contributed by atoms with Gasteiger partial charge in [-0.2, -0.15) is 0 Å². The Morgan fingerprint density at radius 1 is 1.39 bits per heavy atom. The molecule has 1 atom stereocenters. The minimum atomic E-state index is -0.506. The molecule has 1 aromatic carbocycles. The number of hydrogen-bond acceptors (Lipinski definition) is 5. The zero-order valence-electron chi connectivity index (χ0n) is 10.4. The van der Waals surface area contributed by atoms with Gasteiger partial charge in [-0.15, -0.1) is 6.42 Å². The lowest BCUT2D eigenvalue weighted by Crippen LogP contribution is -2.13. The summed E-state index contributed by atoms with van der Waals surface area (Å²) in [5.41, 5.74) is 0.179. The van der Waals surface area contributed by atoms with E-state index in [1.807, 2.05) is 0 Å². The van der Waals surface area contributed by atoms with E-state index >= 15 is 0 Å². The molecule has 0 aromatic heterocycles. The van der Waals surface area contributed by atoms with Crippen LogP contribution in [0.2, 0.25) is 0 Å². The molecule has 0 aliphatic rings. The van der Waals surface area contributed by atoms with Gasteiger partial charge in [0.2, 0.25) is 0 Å². The molecule has 0 heterocycles. The van der Waals surface area contributed by atoms with Crippen molar-refractivity contribution in [3.05, 3.63) is 22.2 Å². The summed E-state index contributed by atoms with van der Waals surface area (Å²) >= 11 is 0. The van der Waals surface area contributed by atoms with Gasteiger partial charge in [-0.05, 0) is 6.92 Å². The molecule has 1 N–H and O–H groups in total. The third-order valence-electron chi connectivity index (χ3n) is 2.32. The maximum absolute atomic E-state index is 11.0. The van der Waals surface area contributed by atoms with Crippen LogP contribution in [0.25, 0.3) is 0 Å². The number of methoxy groups -OCH3 is 2. The number of rotatable bonds is 5.